The highest BCUT2D eigenvalue weighted by molar-refractivity contribution is 6.03. The summed E-state index contributed by atoms with van der Waals surface area (Å²) in [5, 5.41) is 9.72. The predicted octanol–water partition coefficient (Wildman–Crippen LogP) is 3.98. The summed E-state index contributed by atoms with van der Waals surface area (Å²) in [5.41, 5.74) is 3.61. The normalized spacial score (nSPS) is 15.8. The molecule has 8 heteroatoms. The van der Waals surface area contributed by atoms with Gasteiger partial charge in [-0.05, 0) is 38.0 Å². The van der Waals surface area contributed by atoms with Crippen molar-refractivity contribution in [3.05, 3.63) is 76.6 Å². The molecule has 0 bridgehead atoms. The first-order valence-electron chi connectivity index (χ1n) is 10.1. The highest BCUT2D eigenvalue weighted by Gasteiger charge is 2.35. The van der Waals surface area contributed by atoms with Crippen LogP contribution in [0.3, 0.4) is 0 Å². The number of hydrazone groups is 1. The summed E-state index contributed by atoms with van der Waals surface area (Å²) in [6.45, 7) is 5.06. The Morgan fingerprint density at radius 3 is 2.65 bits per heavy atom. The molecule has 3 aromatic rings. The Bertz CT molecular complexity index is 1110. The first-order valence-corrected chi connectivity index (χ1v) is 10.1. The number of aromatic nitrogens is 1. The van der Waals surface area contributed by atoms with E-state index < -0.39 is 24.5 Å². The van der Waals surface area contributed by atoms with E-state index in [1.165, 1.54) is 5.01 Å². The van der Waals surface area contributed by atoms with Gasteiger partial charge < -0.3 is 13.7 Å². The summed E-state index contributed by atoms with van der Waals surface area (Å²) in [6, 6.07) is 11.1. The second-order valence-corrected chi connectivity index (χ2v) is 7.38. The molecule has 0 N–H and O–H groups in total. The van der Waals surface area contributed by atoms with Crippen LogP contribution in [0.5, 0.6) is 0 Å². The van der Waals surface area contributed by atoms with Gasteiger partial charge in [-0.2, -0.15) is 5.10 Å². The molecular weight excluding hydrogens is 398 g/mol. The molecular formula is C23H23N3O5. The van der Waals surface area contributed by atoms with Crippen molar-refractivity contribution >= 4 is 17.6 Å². The van der Waals surface area contributed by atoms with Crippen molar-refractivity contribution in [2.75, 3.05) is 6.61 Å². The maximum absolute atomic E-state index is 13.0. The molecule has 2 aromatic heterocycles. The van der Waals surface area contributed by atoms with E-state index in [-0.39, 0.29) is 5.56 Å². The van der Waals surface area contributed by atoms with E-state index in [1.54, 1.807) is 25.3 Å². The number of rotatable bonds is 6. The minimum atomic E-state index is -0.638. The molecule has 31 heavy (non-hydrogen) atoms. The molecule has 1 aliphatic rings. The molecule has 0 fully saturated rings. The third kappa shape index (κ3) is 4.14. The quantitative estimate of drug-likeness (QED) is 0.558. The molecule has 3 heterocycles. The number of carbonyl (C=O) groups is 2. The number of furan rings is 1. The third-order valence-corrected chi connectivity index (χ3v) is 5.22. The average Bonchev–Trinajstić information content (AvgIpc) is 3.51. The Morgan fingerprint density at radius 1 is 1.19 bits per heavy atom. The number of carbonyl (C=O) groups excluding carboxylic acids is 2. The number of hydrogen-bond acceptors (Lipinski definition) is 7. The summed E-state index contributed by atoms with van der Waals surface area (Å²) in [4.78, 5) is 25.5. The summed E-state index contributed by atoms with van der Waals surface area (Å²) < 4.78 is 15.9. The summed E-state index contributed by atoms with van der Waals surface area (Å²) in [6.07, 6.45) is 2.58. The zero-order valence-corrected chi connectivity index (χ0v) is 17.6. The van der Waals surface area contributed by atoms with Crippen LogP contribution < -0.4 is 0 Å². The molecule has 0 radical (unpaired) electrons. The van der Waals surface area contributed by atoms with Gasteiger partial charge in [0, 0.05) is 6.42 Å². The molecule has 0 unspecified atom stereocenters. The van der Waals surface area contributed by atoms with Gasteiger partial charge in [-0.15, -0.1) is 0 Å². The summed E-state index contributed by atoms with van der Waals surface area (Å²) in [7, 11) is 0. The van der Waals surface area contributed by atoms with Crippen molar-refractivity contribution in [1.82, 2.24) is 10.2 Å². The largest absolute Gasteiger partial charge is 0.467 e. The van der Waals surface area contributed by atoms with E-state index in [0.717, 1.165) is 16.8 Å². The van der Waals surface area contributed by atoms with E-state index in [4.69, 9.17) is 13.7 Å². The monoisotopic (exact) mass is 421 g/mol. The molecule has 160 valence electrons. The first kappa shape index (κ1) is 20.6. The molecule has 1 aliphatic heterocycles. The molecule has 4 rings (SSSR count). The Balaban J connectivity index is 1.53. The van der Waals surface area contributed by atoms with Gasteiger partial charge in [0.2, 0.25) is 0 Å². The highest BCUT2D eigenvalue weighted by atomic mass is 16.5. The van der Waals surface area contributed by atoms with Crippen molar-refractivity contribution in [3.8, 4) is 0 Å². The Hall–Kier alpha value is -3.68. The fraction of sp³-hybridized carbons (Fsp3) is 0.304. The number of nitrogens with zero attached hydrogens (tertiary/aromatic N) is 3. The minimum Gasteiger partial charge on any atom is -0.467 e. The van der Waals surface area contributed by atoms with Crippen molar-refractivity contribution < 1.29 is 23.3 Å². The van der Waals surface area contributed by atoms with Crippen LogP contribution >= 0.6 is 0 Å². The maximum atomic E-state index is 13.0. The van der Waals surface area contributed by atoms with Gasteiger partial charge in [0.05, 0.1) is 17.7 Å². The second kappa shape index (κ2) is 8.59. The summed E-state index contributed by atoms with van der Waals surface area (Å²) in [5.74, 6) is -0.0956. The van der Waals surface area contributed by atoms with Crippen molar-refractivity contribution in [2.24, 2.45) is 5.10 Å². The molecule has 1 aromatic carbocycles. The molecule has 1 atom stereocenters. The number of ether oxygens (including phenoxy) is 1. The highest BCUT2D eigenvalue weighted by Crippen LogP contribution is 2.33. The zero-order chi connectivity index (χ0) is 22.0. The van der Waals surface area contributed by atoms with Crippen LogP contribution in [0, 0.1) is 13.8 Å². The number of aryl methyl sites for hydroxylation is 3. The van der Waals surface area contributed by atoms with E-state index in [1.807, 2.05) is 38.1 Å². The minimum absolute atomic E-state index is 0.267. The van der Waals surface area contributed by atoms with Crippen LogP contribution in [-0.4, -0.2) is 34.4 Å². The van der Waals surface area contributed by atoms with Gasteiger partial charge in [-0.3, -0.25) is 4.79 Å². The fourth-order valence-corrected chi connectivity index (χ4v) is 3.55. The number of hydrogen-bond donors (Lipinski definition) is 0. The maximum Gasteiger partial charge on any atom is 0.344 e. The molecule has 0 saturated heterocycles. The van der Waals surface area contributed by atoms with Crippen LogP contribution in [-0.2, 0) is 16.0 Å². The molecule has 1 amide bonds. The standard InChI is InChI=1S/C23H23N3O5/c1-4-17-22(15(3)31-25-17)23(28)30-13-21(27)26-19(20-6-5-11-29-20)12-18(24-26)16-9-7-14(2)8-10-16/h5-11,19H,4,12-13H2,1-3H3/t19-/m0/s1. The van der Waals surface area contributed by atoms with E-state index in [0.29, 0.717) is 30.1 Å². The van der Waals surface area contributed by atoms with E-state index >= 15 is 0 Å². The van der Waals surface area contributed by atoms with Crippen LogP contribution in [0.15, 0.2) is 56.7 Å². The predicted molar refractivity (Wildman–Crippen MR) is 112 cm³/mol. The van der Waals surface area contributed by atoms with Gasteiger partial charge in [-0.1, -0.05) is 41.9 Å². The first-order chi connectivity index (χ1) is 15.0. The van der Waals surface area contributed by atoms with Gasteiger partial charge in [-0.25, -0.2) is 9.80 Å². The van der Waals surface area contributed by atoms with Gasteiger partial charge in [0.1, 0.15) is 23.1 Å². The van der Waals surface area contributed by atoms with Gasteiger partial charge in [0.15, 0.2) is 6.61 Å². The Labute approximate surface area is 179 Å². The van der Waals surface area contributed by atoms with Gasteiger partial charge >= 0.3 is 5.97 Å². The van der Waals surface area contributed by atoms with Crippen LogP contribution in [0.4, 0.5) is 0 Å². The SMILES string of the molecule is CCc1noc(C)c1C(=O)OCC(=O)N1N=C(c2ccc(C)cc2)C[C@H]1c1ccco1. The smallest absolute Gasteiger partial charge is 0.344 e. The zero-order valence-electron chi connectivity index (χ0n) is 17.6. The lowest BCUT2D eigenvalue weighted by Crippen LogP contribution is -2.31. The van der Waals surface area contributed by atoms with Crippen molar-refractivity contribution in [3.63, 3.8) is 0 Å². The molecule has 0 spiro atoms. The molecule has 8 nitrogen and oxygen atoms in total. The lowest BCUT2D eigenvalue weighted by molar-refractivity contribution is -0.136. The van der Waals surface area contributed by atoms with Crippen molar-refractivity contribution in [2.45, 2.75) is 39.7 Å². The topological polar surface area (TPSA) is 98.1 Å². The Morgan fingerprint density at radius 2 is 1.97 bits per heavy atom. The average molecular weight is 421 g/mol. The molecule has 0 aliphatic carbocycles. The van der Waals surface area contributed by atoms with Gasteiger partial charge in [0.25, 0.3) is 5.91 Å². The van der Waals surface area contributed by atoms with Crippen molar-refractivity contribution in [1.29, 1.82) is 0 Å². The van der Waals surface area contributed by atoms with E-state index in [9.17, 15) is 9.59 Å². The molecule has 0 saturated carbocycles. The number of esters is 1. The summed E-state index contributed by atoms with van der Waals surface area (Å²) >= 11 is 0. The second-order valence-electron chi connectivity index (χ2n) is 7.38. The number of amides is 1. The lowest BCUT2D eigenvalue weighted by Gasteiger charge is -2.19. The fourth-order valence-electron chi connectivity index (χ4n) is 3.55. The lowest BCUT2D eigenvalue weighted by atomic mass is 10.0. The van der Waals surface area contributed by atoms with Crippen LogP contribution in [0.1, 0.15) is 58.1 Å². The van der Waals surface area contributed by atoms with Crippen LogP contribution in [0.2, 0.25) is 0 Å². The van der Waals surface area contributed by atoms with E-state index in [2.05, 4.69) is 10.3 Å². The number of benzene rings is 1. The third-order valence-electron chi connectivity index (χ3n) is 5.22. The Kier molecular flexibility index (Phi) is 5.70. The van der Waals surface area contributed by atoms with Crippen LogP contribution in [0.25, 0.3) is 0 Å².